The molecule has 326 valence electrons. The van der Waals surface area contributed by atoms with Crippen LogP contribution in [0, 0.1) is 0 Å². The summed E-state index contributed by atoms with van der Waals surface area (Å²) in [7, 11) is 0. The van der Waals surface area contributed by atoms with E-state index >= 15 is 0 Å². The normalized spacial score (nSPS) is 14.6. The average Bonchev–Trinajstić information content (AvgIpc) is 3.85. The van der Waals surface area contributed by atoms with Crippen LogP contribution < -0.4 is 9.80 Å². The fourth-order valence-corrected chi connectivity index (χ4v) is 13.5. The minimum absolute atomic E-state index is 0.612. The van der Waals surface area contributed by atoms with Crippen LogP contribution in [0.25, 0.3) is 75.8 Å². The molecule has 15 rings (SSSR count). The highest BCUT2D eigenvalue weighted by atomic mass is 32.1. The third-order valence-corrected chi connectivity index (χ3v) is 16.3. The Morgan fingerprint density at radius 2 is 0.843 bits per heavy atom. The Labute approximate surface area is 411 Å². The molecule has 2 heterocycles. The van der Waals surface area contributed by atoms with Gasteiger partial charge < -0.3 is 9.80 Å². The van der Waals surface area contributed by atoms with Crippen molar-refractivity contribution in [2.75, 3.05) is 9.80 Å². The number of fused-ring (bicyclic) bond motifs is 20. The maximum Gasteiger partial charge on any atom is 0.0781 e. The number of benzene rings is 11. The molecule has 3 heteroatoms. The molecule has 0 N–H and O–H groups in total. The number of hydrogen-bond acceptors (Lipinski definition) is 3. The molecule has 1 atom stereocenters. The highest BCUT2D eigenvalue weighted by Crippen LogP contribution is 2.63. The maximum absolute atomic E-state index is 2.54. The number of anilines is 6. The quantitative estimate of drug-likeness (QED) is 0.174. The molecule has 0 radical (unpaired) electrons. The van der Waals surface area contributed by atoms with Crippen LogP contribution in [-0.2, 0) is 5.41 Å². The van der Waals surface area contributed by atoms with Gasteiger partial charge in [0.05, 0.1) is 22.5 Å². The molecule has 3 aliphatic rings. The molecule has 1 unspecified atom stereocenters. The van der Waals surface area contributed by atoms with E-state index in [-0.39, 0.29) is 0 Å². The lowest BCUT2D eigenvalue weighted by molar-refractivity contribution is 0.776. The SMILES string of the molecule is c1ccc(N(c2ccc3c(c2)-c2ccccc2-c2ccccc2C32c3ccccc3-c3cc4c(cc32)sc2ccccc24)c2cccc3c2N(c2ccccc2)c2ccccc2-c2ccccc2-3)cc1. The van der Waals surface area contributed by atoms with Gasteiger partial charge in [-0.05, 0) is 133 Å². The predicted octanol–water partition coefficient (Wildman–Crippen LogP) is 18.7. The molecular weight excluding hydrogens is 865 g/mol. The van der Waals surface area contributed by atoms with Crippen molar-refractivity contribution in [2.45, 2.75) is 5.41 Å². The van der Waals surface area contributed by atoms with Crippen LogP contribution in [0.5, 0.6) is 0 Å². The molecule has 0 saturated heterocycles. The van der Waals surface area contributed by atoms with Gasteiger partial charge >= 0.3 is 0 Å². The van der Waals surface area contributed by atoms with E-state index in [0.717, 1.165) is 34.1 Å². The Morgan fingerprint density at radius 1 is 0.314 bits per heavy atom. The Bertz CT molecular complexity index is 4090. The summed E-state index contributed by atoms with van der Waals surface area (Å²) >= 11 is 1.90. The number of para-hydroxylation sites is 4. The zero-order chi connectivity index (χ0) is 45.9. The summed E-state index contributed by atoms with van der Waals surface area (Å²) in [5.74, 6) is 0. The van der Waals surface area contributed by atoms with E-state index in [9.17, 15) is 0 Å². The van der Waals surface area contributed by atoms with E-state index in [1.807, 2.05) is 11.3 Å². The fraction of sp³-hybridized carbons (Fsp3) is 0.0149. The van der Waals surface area contributed by atoms with Crippen LogP contribution in [0.4, 0.5) is 34.1 Å². The van der Waals surface area contributed by atoms with Crippen LogP contribution >= 0.6 is 11.3 Å². The second-order valence-corrected chi connectivity index (χ2v) is 19.8. The van der Waals surface area contributed by atoms with E-state index in [1.54, 1.807) is 0 Å². The smallest absolute Gasteiger partial charge is 0.0781 e. The van der Waals surface area contributed by atoms with Crippen molar-refractivity contribution in [1.82, 2.24) is 0 Å². The molecule has 1 aliphatic heterocycles. The largest absolute Gasteiger partial charge is 0.308 e. The first-order valence-electron chi connectivity index (χ1n) is 24.2. The molecule has 1 aromatic heterocycles. The monoisotopic (exact) mass is 906 g/mol. The second kappa shape index (κ2) is 15.1. The van der Waals surface area contributed by atoms with Crippen molar-refractivity contribution in [2.24, 2.45) is 0 Å². The lowest BCUT2D eigenvalue weighted by Gasteiger charge is -2.37. The summed E-state index contributed by atoms with van der Waals surface area (Å²) in [4.78, 5) is 4.98. The second-order valence-electron chi connectivity index (χ2n) is 18.7. The van der Waals surface area contributed by atoms with Crippen LogP contribution in [-0.4, -0.2) is 0 Å². The molecule has 12 aromatic rings. The minimum atomic E-state index is -0.612. The van der Waals surface area contributed by atoms with Gasteiger partial charge in [0.15, 0.2) is 0 Å². The van der Waals surface area contributed by atoms with E-state index in [4.69, 9.17) is 0 Å². The molecule has 0 fully saturated rings. The summed E-state index contributed by atoms with van der Waals surface area (Å²) in [6, 6.07) is 95.3. The van der Waals surface area contributed by atoms with Gasteiger partial charge in [-0.3, -0.25) is 0 Å². The van der Waals surface area contributed by atoms with Gasteiger partial charge in [0.1, 0.15) is 0 Å². The number of hydrogen-bond donors (Lipinski definition) is 0. The minimum Gasteiger partial charge on any atom is -0.308 e. The summed E-state index contributed by atoms with van der Waals surface area (Å²) in [6.07, 6.45) is 0. The first-order chi connectivity index (χ1) is 34.8. The summed E-state index contributed by atoms with van der Waals surface area (Å²) in [5.41, 5.74) is 23.6. The van der Waals surface area contributed by atoms with Gasteiger partial charge in [0, 0.05) is 48.4 Å². The van der Waals surface area contributed by atoms with Crippen molar-refractivity contribution in [3.8, 4) is 55.6 Å². The molecule has 2 nitrogen and oxygen atoms in total. The van der Waals surface area contributed by atoms with Crippen molar-refractivity contribution >= 4 is 65.6 Å². The molecule has 0 bridgehead atoms. The van der Waals surface area contributed by atoms with Gasteiger partial charge in [-0.25, -0.2) is 0 Å². The topological polar surface area (TPSA) is 6.48 Å². The standard InChI is InChI=1S/C67H42N2S/c1-3-20-43(21-4-1)68(63-36-19-32-54-48-26-9-8-25-47(48)52-30-13-17-35-62(52)69(66(54)63)44-22-5-2-6-23-44)45-38-39-60-55(40-45)49-27-10-7-24-46(49)50-28-11-15-33-58(50)67(60)59-34-16-12-29-51(59)56-41-57-53-31-14-18-37-64(53)70-65(57)42-61(56)67/h1-42H. The highest BCUT2D eigenvalue weighted by Gasteiger charge is 2.50. The Hall–Kier alpha value is -8.76. The number of rotatable bonds is 4. The van der Waals surface area contributed by atoms with Gasteiger partial charge in [0.25, 0.3) is 0 Å². The molecule has 0 saturated carbocycles. The van der Waals surface area contributed by atoms with Gasteiger partial charge in [-0.2, -0.15) is 0 Å². The molecule has 1 spiro atoms. The van der Waals surface area contributed by atoms with Gasteiger partial charge in [0.2, 0.25) is 0 Å². The lowest BCUT2D eigenvalue weighted by atomic mass is 9.66. The van der Waals surface area contributed by atoms with E-state index in [2.05, 4.69) is 265 Å². The van der Waals surface area contributed by atoms with Crippen LogP contribution in [0.2, 0.25) is 0 Å². The third kappa shape index (κ3) is 5.44. The van der Waals surface area contributed by atoms with Crippen molar-refractivity contribution in [3.63, 3.8) is 0 Å². The fourth-order valence-electron chi connectivity index (χ4n) is 12.4. The number of nitrogens with zero attached hydrogens (tertiary/aromatic N) is 2. The maximum atomic E-state index is 2.54. The van der Waals surface area contributed by atoms with Gasteiger partial charge in [-0.15, -0.1) is 11.3 Å². The summed E-state index contributed by atoms with van der Waals surface area (Å²) in [5, 5.41) is 2.64. The van der Waals surface area contributed by atoms with E-state index < -0.39 is 5.41 Å². The van der Waals surface area contributed by atoms with Crippen molar-refractivity contribution in [3.05, 3.63) is 277 Å². The summed E-state index contributed by atoms with van der Waals surface area (Å²) in [6.45, 7) is 0. The highest BCUT2D eigenvalue weighted by molar-refractivity contribution is 7.25. The van der Waals surface area contributed by atoms with E-state index in [1.165, 1.54) is 98.1 Å². The van der Waals surface area contributed by atoms with Crippen molar-refractivity contribution in [1.29, 1.82) is 0 Å². The zero-order valence-corrected chi connectivity index (χ0v) is 38.9. The van der Waals surface area contributed by atoms with Gasteiger partial charge in [-0.1, -0.05) is 188 Å². The molecule has 70 heavy (non-hydrogen) atoms. The van der Waals surface area contributed by atoms with Crippen LogP contribution in [0.3, 0.4) is 0 Å². The molecule has 2 aliphatic carbocycles. The average molecular weight is 907 g/mol. The number of thiophene rings is 1. The first-order valence-corrected chi connectivity index (χ1v) is 25.0. The predicted molar refractivity (Wildman–Crippen MR) is 295 cm³/mol. The Balaban J connectivity index is 1.05. The first kappa shape index (κ1) is 39.3. The molecule has 11 aromatic carbocycles. The Morgan fingerprint density at radius 3 is 1.59 bits per heavy atom. The third-order valence-electron chi connectivity index (χ3n) is 15.2. The molecule has 0 amide bonds. The van der Waals surface area contributed by atoms with Crippen LogP contribution in [0.1, 0.15) is 22.3 Å². The van der Waals surface area contributed by atoms with Crippen molar-refractivity contribution < 1.29 is 0 Å². The summed E-state index contributed by atoms with van der Waals surface area (Å²) < 4.78 is 2.63. The molecular formula is C67H42N2S. The lowest BCUT2D eigenvalue weighted by Crippen LogP contribution is -2.29. The van der Waals surface area contributed by atoms with Crippen LogP contribution in [0.15, 0.2) is 255 Å². The van der Waals surface area contributed by atoms with E-state index in [0.29, 0.717) is 0 Å². The Kier molecular flexibility index (Phi) is 8.48. The zero-order valence-electron chi connectivity index (χ0n) is 38.1.